The molecule has 0 unspecified atom stereocenters. The molecule has 0 saturated carbocycles. The number of hydrogen-bond acceptors (Lipinski definition) is 4. The van der Waals surface area contributed by atoms with Crippen molar-refractivity contribution in [2.75, 3.05) is 5.32 Å². The summed E-state index contributed by atoms with van der Waals surface area (Å²) >= 11 is 17.5. The van der Waals surface area contributed by atoms with Gasteiger partial charge in [-0.3, -0.25) is 4.79 Å². The Morgan fingerprint density at radius 3 is 2.61 bits per heavy atom. The lowest BCUT2D eigenvalue weighted by atomic mass is 10.3. The number of amides is 1. The zero-order chi connectivity index (χ0) is 13.1. The Hall–Kier alpha value is -1.37. The smallest absolute Gasteiger partial charge is 0.246 e. The number of halogens is 3. The van der Waals surface area contributed by atoms with Crippen LogP contribution in [0.4, 0.5) is 5.69 Å². The first kappa shape index (κ1) is 13.1. The summed E-state index contributed by atoms with van der Waals surface area (Å²) in [5.74, 6) is -0.331. The van der Waals surface area contributed by atoms with Crippen molar-refractivity contribution in [2.45, 2.75) is 6.54 Å². The molecule has 1 heterocycles. The molecule has 0 fully saturated rings. The lowest BCUT2D eigenvalue weighted by Crippen LogP contribution is -2.19. The van der Waals surface area contributed by atoms with Crippen LogP contribution in [0.15, 0.2) is 18.5 Å². The highest BCUT2D eigenvalue weighted by atomic mass is 35.5. The van der Waals surface area contributed by atoms with Crippen LogP contribution in [0.2, 0.25) is 15.1 Å². The van der Waals surface area contributed by atoms with Crippen molar-refractivity contribution >= 4 is 46.4 Å². The SMILES string of the molecule is O=C(Cn1cnnn1)Nc1cc(Cl)c(Cl)cc1Cl. The molecule has 2 aromatic rings. The number of hydrogen-bond donors (Lipinski definition) is 1. The topological polar surface area (TPSA) is 72.7 Å². The zero-order valence-electron chi connectivity index (χ0n) is 8.77. The van der Waals surface area contributed by atoms with Crippen molar-refractivity contribution < 1.29 is 4.79 Å². The Morgan fingerprint density at radius 2 is 1.94 bits per heavy atom. The second-order valence-corrected chi connectivity index (χ2v) is 4.52. The van der Waals surface area contributed by atoms with Gasteiger partial charge in [-0.05, 0) is 22.6 Å². The third-order valence-electron chi connectivity index (χ3n) is 1.98. The molecule has 0 atom stereocenters. The fourth-order valence-electron chi connectivity index (χ4n) is 1.21. The summed E-state index contributed by atoms with van der Waals surface area (Å²) in [5.41, 5.74) is 0.379. The molecule has 0 aliphatic heterocycles. The fourth-order valence-corrected chi connectivity index (χ4v) is 1.80. The number of carbonyl (C=O) groups is 1. The van der Waals surface area contributed by atoms with Crippen LogP contribution >= 0.6 is 34.8 Å². The Kier molecular flexibility index (Phi) is 4.00. The number of benzene rings is 1. The minimum atomic E-state index is -0.331. The van der Waals surface area contributed by atoms with Crippen molar-refractivity contribution in [1.29, 1.82) is 0 Å². The van der Waals surface area contributed by atoms with Gasteiger partial charge in [0.05, 0.1) is 20.8 Å². The Bertz CT molecular complexity index is 572. The summed E-state index contributed by atoms with van der Waals surface area (Å²) in [6.45, 7) is -0.0242. The minimum absolute atomic E-state index is 0.0242. The summed E-state index contributed by atoms with van der Waals surface area (Å²) in [4.78, 5) is 11.7. The third kappa shape index (κ3) is 3.10. The molecule has 0 aliphatic rings. The highest BCUT2D eigenvalue weighted by molar-refractivity contribution is 6.44. The van der Waals surface area contributed by atoms with Crippen molar-refractivity contribution in [1.82, 2.24) is 20.2 Å². The first-order valence-corrected chi connectivity index (χ1v) is 5.85. The molecule has 0 radical (unpaired) electrons. The number of carbonyl (C=O) groups excluding carboxylic acids is 1. The van der Waals surface area contributed by atoms with E-state index in [2.05, 4.69) is 20.8 Å². The predicted octanol–water partition coefficient (Wildman–Crippen LogP) is 2.27. The maximum atomic E-state index is 11.7. The van der Waals surface area contributed by atoms with Crippen LogP contribution in [0.25, 0.3) is 0 Å². The zero-order valence-corrected chi connectivity index (χ0v) is 11.0. The van der Waals surface area contributed by atoms with Crippen LogP contribution in [-0.4, -0.2) is 26.1 Å². The van der Waals surface area contributed by atoms with Crippen molar-refractivity contribution in [3.8, 4) is 0 Å². The van der Waals surface area contributed by atoms with Crippen molar-refractivity contribution in [2.24, 2.45) is 0 Å². The molecule has 1 N–H and O–H groups in total. The second-order valence-electron chi connectivity index (χ2n) is 3.30. The van der Waals surface area contributed by atoms with E-state index in [1.54, 1.807) is 0 Å². The van der Waals surface area contributed by atoms with Gasteiger partial charge in [-0.1, -0.05) is 34.8 Å². The molecular weight excluding hydrogens is 300 g/mol. The lowest BCUT2D eigenvalue weighted by Gasteiger charge is -2.08. The van der Waals surface area contributed by atoms with Crippen molar-refractivity contribution in [3.63, 3.8) is 0 Å². The minimum Gasteiger partial charge on any atom is -0.323 e. The number of tetrazole rings is 1. The van der Waals surface area contributed by atoms with E-state index in [-0.39, 0.29) is 12.5 Å². The van der Waals surface area contributed by atoms with E-state index in [1.807, 2.05) is 0 Å². The summed E-state index contributed by atoms with van der Waals surface area (Å²) in [6, 6.07) is 2.93. The molecule has 1 aromatic carbocycles. The van der Waals surface area contributed by atoms with Crippen LogP contribution in [0, 0.1) is 0 Å². The maximum absolute atomic E-state index is 11.7. The summed E-state index contributed by atoms with van der Waals surface area (Å²) in [6.07, 6.45) is 1.33. The molecule has 0 saturated heterocycles. The summed E-state index contributed by atoms with van der Waals surface area (Å²) < 4.78 is 1.28. The fraction of sp³-hybridized carbons (Fsp3) is 0.111. The van der Waals surface area contributed by atoms with Crippen LogP contribution < -0.4 is 5.32 Å². The number of aromatic nitrogens is 4. The average molecular weight is 307 g/mol. The quantitative estimate of drug-likeness (QED) is 0.883. The normalized spacial score (nSPS) is 10.4. The van der Waals surface area contributed by atoms with Gasteiger partial charge in [-0.2, -0.15) is 0 Å². The van der Waals surface area contributed by atoms with E-state index < -0.39 is 0 Å². The molecule has 1 amide bonds. The highest BCUT2D eigenvalue weighted by Gasteiger charge is 2.10. The van der Waals surface area contributed by atoms with Gasteiger partial charge in [-0.15, -0.1) is 5.10 Å². The number of anilines is 1. The van der Waals surface area contributed by atoms with E-state index in [9.17, 15) is 4.79 Å². The second kappa shape index (κ2) is 5.51. The first-order chi connectivity index (χ1) is 8.56. The van der Waals surface area contributed by atoms with Gasteiger partial charge in [0, 0.05) is 0 Å². The Labute approximate surface area is 117 Å². The molecule has 9 heteroatoms. The highest BCUT2D eigenvalue weighted by Crippen LogP contribution is 2.32. The average Bonchev–Trinajstić information content (AvgIpc) is 2.78. The van der Waals surface area contributed by atoms with Crippen LogP contribution in [0.1, 0.15) is 0 Å². The van der Waals surface area contributed by atoms with Gasteiger partial charge < -0.3 is 5.32 Å². The van der Waals surface area contributed by atoms with Crippen LogP contribution in [0.3, 0.4) is 0 Å². The molecule has 6 nitrogen and oxygen atoms in total. The molecule has 0 bridgehead atoms. The van der Waals surface area contributed by atoms with E-state index in [4.69, 9.17) is 34.8 Å². The molecular formula is C9H6Cl3N5O. The number of nitrogens with zero attached hydrogens (tertiary/aromatic N) is 4. The largest absolute Gasteiger partial charge is 0.323 e. The molecule has 94 valence electrons. The van der Waals surface area contributed by atoms with Gasteiger partial charge in [0.1, 0.15) is 12.9 Å². The first-order valence-electron chi connectivity index (χ1n) is 4.71. The molecule has 2 rings (SSSR count). The molecule has 0 aliphatic carbocycles. The van der Waals surface area contributed by atoms with Gasteiger partial charge in [0.15, 0.2) is 0 Å². The molecule has 0 spiro atoms. The summed E-state index contributed by atoms with van der Waals surface area (Å²) in [7, 11) is 0. The van der Waals surface area contributed by atoms with Gasteiger partial charge in [0.2, 0.25) is 5.91 Å². The molecule has 18 heavy (non-hydrogen) atoms. The van der Waals surface area contributed by atoms with Crippen molar-refractivity contribution in [3.05, 3.63) is 33.5 Å². The number of nitrogens with one attached hydrogen (secondary N) is 1. The van der Waals surface area contributed by atoms with Crippen LogP contribution in [0.5, 0.6) is 0 Å². The van der Waals surface area contributed by atoms with Gasteiger partial charge >= 0.3 is 0 Å². The van der Waals surface area contributed by atoms with E-state index in [1.165, 1.54) is 23.1 Å². The van der Waals surface area contributed by atoms with Crippen LogP contribution in [-0.2, 0) is 11.3 Å². The standard InChI is InChI=1S/C9H6Cl3N5O/c10-5-1-7(12)8(2-6(5)11)14-9(18)3-17-4-13-15-16-17/h1-2,4H,3H2,(H,14,18). The predicted molar refractivity (Wildman–Crippen MR) is 67.9 cm³/mol. The van der Waals surface area contributed by atoms with Gasteiger partial charge in [-0.25, -0.2) is 4.68 Å². The Balaban J connectivity index is 2.09. The lowest BCUT2D eigenvalue weighted by molar-refractivity contribution is -0.116. The summed E-state index contributed by atoms with van der Waals surface area (Å²) in [5, 5.41) is 13.9. The van der Waals surface area contributed by atoms with E-state index >= 15 is 0 Å². The third-order valence-corrected chi connectivity index (χ3v) is 3.02. The number of rotatable bonds is 3. The van der Waals surface area contributed by atoms with Gasteiger partial charge in [0.25, 0.3) is 0 Å². The monoisotopic (exact) mass is 305 g/mol. The van der Waals surface area contributed by atoms with E-state index in [0.717, 1.165) is 0 Å². The van der Waals surface area contributed by atoms with E-state index in [0.29, 0.717) is 20.8 Å². The maximum Gasteiger partial charge on any atom is 0.246 e. The molecule has 1 aromatic heterocycles. The Morgan fingerprint density at radius 1 is 1.22 bits per heavy atom.